The van der Waals surface area contributed by atoms with Crippen molar-refractivity contribution in [3.05, 3.63) is 58.8 Å². The van der Waals surface area contributed by atoms with E-state index in [1.807, 2.05) is 13.0 Å². The maximum atomic E-state index is 5.80. The highest BCUT2D eigenvalue weighted by molar-refractivity contribution is 5.85. The zero-order valence-corrected chi connectivity index (χ0v) is 15.6. The molecule has 0 fully saturated rings. The number of aromatic nitrogens is 1. The molecule has 1 aromatic carbocycles. The first kappa shape index (κ1) is 20.4. The SMILES string of the molecule is COc1cc(C)c(CN(CCN)CCc2ccccc2)c(C)n1.Cl. The van der Waals surface area contributed by atoms with Crippen molar-refractivity contribution in [3.8, 4) is 5.88 Å². The average Bonchev–Trinajstić information content (AvgIpc) is 2.56. The normalized spacial score (nSPS) is 10.5. The monoisotopic (exact) mass is 349 g/mol. The maximum absolute atomic E-state index is 5.80. The lowest BCUT2D eigenvalue weighted by Crippen LogP contribution is -2.31. The zero-order chi connectivity index (χ0) is 16.7. The lowest BCUT2D eigenvalue weighted by atomic mass is 10.1. The summed E-state index contributed by atoms with van der Waals surface area (Å²) in [5.74, 6) is 0.679. The highest BCUT2D eigenvalue weighted by Gasteiger charge is 2.12. The van der Waals surface area contributed by atoms with E-state index in [1.165, 1.54) is 16.7 Å². The Bertz CT molecular complexity index is 596. The van der Waals surface area contributed by atoms with Gasteiger partial charge >= 0.3 is 0 Å². The van der Waals surface area contributed by atoms with Gasteiger partial charge in [0.2, 0.25) is 5.88 Å². The van der Waals surface area contributed by atoms with Crippen LogP contribution in [-0.2, 0) is 13.0 Å². The van der Waals surface area contributed by atoms with Crippen molar-refractivity contribution in [2.75, 3.05) is 26.7 Å². The topological polar surface area (TPSA) is 51.4 Å². The molecule has 0 aliphatic carbocycles. The number of hydrogen-bond acceptors (Lipinski definition) is 4. The third kappa shape index (κ3) is 5.78. The molecule has 132 valence electrons. The summed E-state index contributed by atoms with van der Waals surface area (Å²) >= 11 is 0. The molecule has 2 N–H and O–H groups in total. The van der Waals surface area contributed by atoms with E-state index in [9.17, 15) is 0 Å². The number of halogens is 1. The summed E-state index contributed by atoms with van der Waals surface area (Å²) < 4.78 is 5.24. The van der Waals surface area contributed by atoms with Crippen LogP contribution >= 0.6 is 12.4 Å². The molecular weight excluding hydrogens is 322 g/mol. The van der Waals surface area contributed by atoms with Crippen LogP contribution in [0.4, 0.5) is 0 Å². The number of methoxy groups -OCH3 is 1. The smallest absolute Gasteiger partial charge is 0.213 e. The van der Waals surface area contributed by atoms with Crippen LogP contribution in [-0.4, -0.2) is 36.6 Å². The summed E-state index contributed by atoms with van der Waals surface area (Å²) in [7, 11) is 1.65. The van der Waals surface area contributed by atoms with Crippen LogP contribution < -0.4 is 10.5 Å². The van der Waals surface area contributed by atoms with Gasteiger partial charge in [-0.1, -0.05) is 30.3 Å². The number of benzene rings is 1. The van der Waals surface area contributed by atoms with E-state index in [2.05, 4.69) is 47.1 Å². The van der Waals surface area contributed by atoms with Gasteiger partial charge in [0.25, 0.3) is 0 Å². The number of hydrogen-bond donors (Lipinski definition) is 1. The molecule has 1 heterocycles. The van der Waals surface area contributed by atoms with Crippen molar-refractivity contribution in [1.29, 1.82) is 0 Å². The van der Waals surface area contributed by atoms with Gasteiger partial charge in [0, 0.05) is 37.9 Å². The average molecular weight is 350 g/mol. The van der Waals surface area contributed by atoms with E-state index in [0.717, 1.165) is 31.7 Å². The minimum absolute atomic E-state index is 0. The third-order valence-electron chi connectivity index (χ3n) is 4.13. The molecule has 2 aromatic rings. The Balaban J connectivity index is 0.00000288. The molecule has 1 aromatic heterocycles. The molecule has 0 spiro atoms. The Labute approximate surface area is 151 Å². The largest absolute Gasteiger partial charge is 0.481 e. The lowest BCUT2D eigenvalue weighted by molar-refractivity contribution is 0.274. The molecule has 0 unspecified atom stereocenters. The van der Waals surface area contributed by atoms with Gasteiger partial charge < -0.3 is 10.5 Å². The molecule has 24 heavy (non-hydrogen) atoms. The van der Waals surface area contributed by atoms with Crippen molar-refractivity contribution < 1.29 is 4.74 Å². The predicted molar refractivity (Wildman–Crippen MR) is 102 cm³/mol. The molecule has 0 radical (unpaired) electrons. The highest BCUT2D eigenvalue weighted by Crippen LogP contribution is 2.19. The quantitative estimate of drug-likeness (QED) is 0.795. The fraction of sp³-hybridized carbons (Fsp3) is 0.421. The molecule has 2 rings (SSSR count). The molecular formula is C19H28ClN3O. The van der Waals surface area contributed by atoms with E-state index in [-0.39, 0.29) is 12.4 Å². The Hall–Kier alpha value is -1.62. The van der Waals surface area contributed by atoms with Gasteiger partial charge in [-0.2, -0.15) is 0 Å². The molecule has 0 aliphatic heterocycles. The van der Waals surface area contributed by atoms with Crippen LogP contribution in [0.25, 0.3) is 0 Å². The van der Waals surface area contributed by atoms with Crippen molar-refractivity contribution in [1.82, 2.24) is 9.88 Å². The van der Waals surface area contributed by atoms with Crippen molar-refractivity contribution in [2.45, 2.75) is 26.8 Å². The van der Waals surface area contributed by atoms with Crippen LogP contribution in [0.2, 0.25) is 0 Å². The molecule has 0 bridgehead atoms. The summed E-state index contributed by atoms with van der Waals surface area (Å²) in [6.45, 7) is 7.58. The maximum Gasteiger partial charge on any atom is 0.213 e. The standard InChI is InChI=1S/C19H27N3O.ClH/c1-15-13-19(23-3)21-16(2)18(15)14-22(12-10-20)11-9-17-7-5-4-6-8-17;/h4-8,13H,9-12,14,20H2,1-3H3;1H. The van der Waals surface area contributed by atoms with Crippen LogP contribution in [0.1, 0.15) is 22.4 Å². The van der Waals surface area contributed by atoms with E-state index >= 15 is 0 Å². The summed E-state index contributed by atoms with van der Waals surface area (Å²) in [4.78, 5) is 6.90. The Morgan fingerprint density at radius 3 is 2.42 bits per heavy atom. The van der Waals surface area contributed by atoms with Crippen molar-refractivity contribution in [3.63, 3.8) is 0 Å². The first-order valence-electron chi connectivity index (χ1n) is 8.11. The highest BCUT2D eigenvalue weighted by atomic mass is 35.5. The number of nitrogens with zero attached hydrogens (tertiary/aromatic N) is 2. The Morgan fingerprint density at radius 1 is 1.12 bits per heavy atom. The number of nitrogens with two attached hydrogens (primary N) is 1. The number of ether oxygens (including phenoxy) is 1. The van der Waals surface area contributed by atoms with E-state index < -0.39 is 0 Å². The second-order valence-corrected chi connectivity index (χ2v) is 5.85. The molecule has 0 amide bonds. The third-order valence-corrected chi connectivity index (χ3v) is 4.13. The molecule has 0 saturated carbocycles. The van der Waals surface area contributed by atoms with Crippen molar-refractivity contribution in [2.24, 2.45) is 5.73 Å². The molecule has 4 nitrogen and oxygen atoms in total. The fourth-order valence-corrected chi connectivity index (χ4v) is 2.77. The van der Waals surface area contributed by atoms with Crippen molar-refractivity contribution >= 4 is 12.4 Å². The van der Waals surface area contributed by atoms with E-state index in [4.69, 9.17) is 10.5 Å². The van der Waals surface area contributed by atoms with Crippen LogP contribution in [0.3, 0.4) is 0 Å². The predicted octanol–water partition coefficient (Wildman–Crippen LogP) is 3.13. The van der Waals surface area contributed by atoms with E-state index in [0.29, 0.717) is 12.4 Å². The Morgan fingerprint density at radius 2 is 1.83 bits per heavy atom. The minimum Gasteiger partial charge on any atom is -0.481 e. The molecule has 0 aliphatic rings. The van der Waals surface area contributed by atoms with Gasteiger partial charge in [-0.15, -0.1) is 12.4 Å². The minimum atomic E-state index is 0. The lowest BCUT2D eigenvalue weighted by Gasteiger charge is -2.23. The second-order valence-electron chi connectivity index (χ2n) is 5.85. The van der Waals surface area contributed by atoms with Gasteiger partial charge in [0.1, 0.15) is 0 Å². The second kappa shape index (κ2) is 10.3. The van der Waals surface area contributed by atoms with E-state index in [1.54, 1.807) is 7.11 Å². The Kier molecular flexibility index (Phi) is 8.76. The van der Waals surface area contributed by atoms with Gasteiger partial charge in [-0.3, -0.25) is 4.90 Å². The zero-order valence-electron chi connectivity index (χ0n) is 14.8. The van der Waals surface area contributed by atoms with Gasteiger partial charge in [-0.25, -0.2) is 4.98 Å². The first-order valence-corrected chi connectivity index (χ1v) is 8.11. The summed E-state index contributed by atoms with van der Waals surface area (Å²) in [5.41, 5.74) is 10.7. The molecule has 0 saturated heterocycles. The molecule has 0 atom stereocenters. The number of aryl methyl sites for hydroxylation is 2. The summed E-state index contributed by atoms with van der Waals surface area (Å²) in [6.07, 6.45) is 1.03. The van der Waals surface area contributed by atoms with Crippen LogP contribution in [0.15, 0.2) is 36.4 Å². The van der Waals surface area contributed by atoms with Gasteiger partial charge in [0.05, 0.1) is 7.11 Å². The summed E-state index contributed by atoms with van der Waals surface area (Å²) in [5, 5.41) is 0. The van der Waals surface area contributed by atoms with Crippen LogP contribution in [0.5, 0.6) is 5.88 Å². The van der Waals surface area contributed by atoms with Crippen LogP contribution in [0, 0.1) is 13.8 Å². The number of pyridine rings is 1. The summed E-state index contributed by atoms with van der Waals surface area (Å²) in [6, 6.07) is 12.6. The number of rotatable bonds is 8. The molecule has 5 heteroatoms. The van der Waals surface area contributed by atoms with Gasteiger partial charge in [-0.05, 0) is 37.0 Å². The first-order chi connectivity index (χ1) is 11.1. The van der Waals surface area contributed by atoms with Gasteiger partial charge in [0.15, 0.2) is 0 Å². The fourth-order valence-electron chi connectivity index (χ4n) is 2.77.